The molecule has 1 saturated heterocycles. The normalized spacial score (nSPS) is 23.2. The minimum absolute atomic E-state index is 0.0342. The first-order chi connectivity index (χ1) is 9.71. The predicted molar refractivity (Wildman–Crippen MR) is 75.0 cm³/mol. The highest BCUT2D eigenvalue weighted by Crippen LogP contribution is 2.44. The van der Waals surface area contributed by atoms with E-state index in [-0.39, 0.29) is 6.03 Å². The van der Waals surface area contributed by atoms with Gasteiger partial charge in [0.05, 0.1) is 14.2 Å². The summed E-state index contributed by atoms with van der Waals surface area (Å²) in [5.74, 6) is 2.91. The number of piperidine rings is 1. The molecule has 1 heterocycles. The van der Waals surface area contributed by atoms with Crippen molar-refractivity contribution in [1.29, 1.82) is 0 Å². The highest BCUT2D eigenvalue weighted by Gasteiger charge is 2.46. The van der Waals surface area contributed by atoms with Crippen molar-refractivity contribution in [3.05, 3.63) is 23.8 Å². The number of urea groups is 1. The molecule has 108 valence electrons. The average molecular weight is 276 g/mol. The fourth-order valence-corrected chi connectivity index (χ4v) is 2.84. The maximum absolute atomic E-state index is 12.0. The molecule has 1 aliphatic heterocycles. The van der Waals surface area contributed by atoms with E-state index < -0.39 is 0 Å². The van der Waals surface area contributed by atoms with Gasteiger partial charge in [0.15, 0.2) is 11.5 Å². The molecule has 1 aromatic carbocycles. The van der Waals surface area contributed by atoms with Crippen LogP contribution in [0.4, 0.5) is 4.79 Å². The third-order valence-corrected chi connectivity index (χ3v) is 4.16. The van der Waals surface area contributed by atoms with Crippen LogP contribution in [0, 0.1) is 11.8 Å². The summed E-state index contributed by atoms with van der Waals surface area (Å²) in [5, 5.41) is 2.96. The smallest absolute Gasteiger partial charge is 0.317 e. The number of benzene rings is 1. The highest BCUT2D eigenvalue weighted by molar-refractivity contribution is 5.74. The number of hydrogen-bond donors (Lipinski definition) is 1. The lowest BCUT2D eigenvalue weighted by atomic mass is 10.2. The van der Waals surface area contributed by atoms with Crippen molar-refractivity contribution in [2.24, 2.45) is 11.8 Å². The van der Waals surface area contributed by atoms with Crippen molar-refractivity contribution >= 4 is 6.03 Å². The molecule has 20 heavy (non-hydrogen) atoms. The molecular weight excluding hydrogens is 256 g/mol. The Balaban J connectivity index is 1.56. The van der Waals surface area contributed by atoms with Gasteiger partial charge >= 0.3 is 6.03 Å². The van der Waals surface area contributed by atoms with E-state index in [2.05, 4.69) is 5.32 Å². The van der Waals surface area contributed by atoms with Crippen molar-refractivity contribution in [3.63, 3.8) is 0 Å². The minimum Gasteiger partial charge on any atom is -0.493 e. The van der Waals surface area contributed by atoms with Crippen LogP contribution in [-0.4, -0.2) is 38.2 Å². The lowest BCUT2D eigenvalue weighted by molar-refractivity contribution is 0.203. The number of ether oxygens (including phenoxy) is 2. The van der Waals surface area contributed by atoms with Crippen LogP contribution in [0.2, 0.25) is 0 Å². The molecule has 1 saturated carbocycles. The van der Waals surface area contributed by atoms with Crippen LogP contribution in [-0.2, 0) is 6.54 Å². The number of amides is 2. The number of carbonyl (C=O) groups is 1. The van der Waals surface area contributed by atoms with Crippen molar-refractivity contribution in [1.82, 2.24) is 10.2 Å². The van der Waals surface area contributed by atoms with E-state index in [1.165, 1.54) is 6.42 Å². The van der Waals surface area contributed by atoms with Gasteiger partial charge in [-0.2, -0.15) is 0 Å². The Morgan fingerprint density at radius 3 is 2.60 bits per heavy atom. The van der Waals surface area contributed by atoms with Gasteiger partial charge in [-0.05, 0) is 36.0 Å². The Kier molecular flexibility index (Phi) is 3.42. The molecule has 0 spiro atoms. The summed E-state index contributed by atoms with van der Waals surface area (Å²) < 4.78 is 10.4. The summed E-state index contributed by atoms with van der Waals surface area (Å²) >= 11 is 0. The van der Waals surface area contributed by atoms with Crippen LogP contribution in [0.1, 0.15) is 12.0 Å². The fourth-order valence-electron chi connectivity index (χ4n) is 2.84. The van der Waals surface area contributed by atoms with Crippen LogP contribution in [0.5, 0.6) is 11.5 Å². The number of fused-ring (bicyclic) bond motifs is 1. The van der Waals surface area contributed by atoms with Gasteiger partial charge in [0.25, 0.3) is 0 Å². The quantitative estimate of drug-likeness (QED) is 0.913. The lowest BCUT2D eigenvalue weighted by Gasteiger charge is -2.18. The summed E-state index contributed by atoms with van der Waals surface area (Å²) in [6.45, 7) is 2.34. The van der Waals surface area contributed by atoms with Gasteiger partial charge < -0.3 is 19.7 Å². The molecule has 1 N–H and O–H groups in total. The highest BCUT2D eigenvalue weighted by atomic mass is 16.5. The standard InChI is InChI=1S/C15H20N2O3/c1-19-13-4-3-10(5-14(13)20-2)7-16-15(18)17-8-11-6-12(11)9-17/h3-5,11-12H,6-9H2,1-2H3,(H,16,18). The zero-order valence-corrected chi connectivity index (χ0v) is 11.9. The molecule has 0 aromatic heterocycles. The SMILES string of the molecule is COc1ccc(CNC(=O)N2CC3CC3C2)cc1OC. The number of rotatable bonds is 4. The van der Waals surface area contributed by atoms with E-state index in [1.807, 2.05) is 23.1 Å². The second-order valence-electron chi connectivity index (χ2n) is 5.51. The van der Waals surface area contributed by atoms with Crippen molar-refractivity contribution in [2.75, 3.05) is 27.3 Å². The van der Waals surface area contributed by atoms with E-state index in [4.69, 9.17) is 9.47 Å². The molecule has 2 atom stereocenters. The van der Waals surface area contributed by atoms with Crippen molar-refractivity contribution in [3.8, 4) is 11.5 Å². The lowest BCUT2D eigenvalue weighted by Crippen LogP contribution is -2.39. The molecule has 2 aliphatic rings. The number of methoxy groups -OCH3 is 2. The van der Waals surface area contributed by atoms with Gasteiger partial charge in [-0.25, -0.2) is 4.79 Å². The molecule has 2 amide bonds. The Bertz CT molecular complexity index is 508. The Labute approximate surface area is 118 Å². The van der Waals surface area contributed by atoms with Gasteiger partial charge in [0.2, 0.25) is 0 Å². The van der Waals surface area contributed by atoms with Gasteiger partial charge in [-0.15, -0.1) is 0 Å². The van der Waals surface area contributed by atoms with Gasteiger partial charge in [-0.1, -0.05) is 6.07 Å². The summed E-state index contributed by atoms with van der Waals surface area (Å²) in [5.41, 5.74) is 1.00. The monoisotopic (exact) mass is 276 g/mol. The first-order valence-electron chi connectivity index (χ1n) is 6.95. The maximum atomic E-state index is 12.0. The Morgan fingerprint density at radius 1 is 1.25 bits per heavy atom. The Hall–Kier alpha value is -1.91. The molecule has 3 rings (SSSR count). The number of carbonyl (C=O) groups excluding carboxylic acids is 1. The minimum atomic E-state index is 0.0342. The van der Waals surface area contributed by atoms with Crippen LogP contribution >= 0.6 is 0 Å². The Morgan fingerprint density at radius 2 is 1.95 bits per heavy atom. The second kappa shape index (κ2) is 5.23. The molecule has 2 fully saturated rings. The first-order valence-corrected chi connectivity index (χ1v) is 6.95. The van der Waals surface area contributed by atoms with E-state index in [0.29, 0.717) is 18.0 Å². The van der Waals surface area contributed by atoms with Crippen LogP contribution < -0.4 is 14.8 Å². The third-order valence-electron chi connectivity index (χ3n) is 4.16. The van der Waals surface area contributed by atoms with Gasteiger partial charge in [-0.3, -0.25) is 0 Å². The molecule has 5 heteroatoms. The summed E-state index contributed by atoms with van der Waals surface area (Å²) in [6.07, 6.45) is 1.31. The predicted octanol–water partition coefficient (Wildman–Crippen LogP) is 1.87. The topological polar surface area (TPSA) is 50.8 Å². The number of hydrogen-bond acceptors (Lipinski definition) is 3. The summed E-state index contributed by atoms with van der Waals surface area (Å²) in [6, 6.07) is 5.71. The first kappa shape index (κ1) is 13.1. The van der Waals surface area contributed by atoms with Crippen LogP contribution in [0.15, 0.2) is 18.2 Å². The molecule has 1 aromatic rings. The molecule has 0 bridgehead atoms. The van der Waals surface area contributed by atoms with Crippen LogP contribution in [0.3, 0.4) is 0 Å². The molecule has 1 aliphatic carbocycles. The third kappa shape index (κ3) is 2.53. The fraction of sp³-hybridized carbons (Fsp3) is 0.533. The zero-order chi connectivity index (χ0) is 14.1. The van der Waals surface area contributed by atoms with Gasteiger partial charge in [0.1, 0.15) is 0 Å². The molecule has 2 unspecified atom stereocenters. The molecule has 0 radical (unpaired) electrons. The maximum Gasteiger partial charge on any atom is 0.317 e. The number of likely N-dealkylation sites (tertiary alicyclic amines) is 1. The molecule has 5 nitrogen and oxygen atoms in total. The van der Waals surface area contributed by atoms with Crippen LogP contribution in [0.25, 0.3) is 0 Å². The van der Waals surface area contributed by atoms with Crippen molar-refractivity contribution in [2.45, 2.75) is 13.0 Å². The summed E-state index contributed by atoms with van der Waals surface area (Å²) in [4.78, 5) is 13.9. The zero-order valence-electron chi connectivity index (χ0n) is 11.9. The van der Waals surface area contributed by atoms with Gasteiger partial charge in [0, 0.05) is 19.6 Å². The second-order valence-corrected chi connectivity index (χ2v) is 5.51. The largest absolute Gasteiger partial charge is 0.493 e. The summed E-state index contributed by atoms with van der Waals surface area (Å²) in [7, 11) is 3.22. The van der Waals surface area contributed by atoms with E-state index in [0.717, 1.165) is 30.5 Å². The number of nitrogens with zero attached hydrogens (tertiary/aromatic N) is 1. The number of nitrogens with one attached hydrogen (secondary N) is 1. The van der Waals surface area contributed by atoms with E-state index in [9.17, 15) is 4.79 Å². The van der Waals surface area contributed by atoms with E-state index in [1.54, 1.807) is 14.2 Å². The average Bonchev–Trinajstić information content (AvgIpc) is 3.10. The van der Waals surface area contributed by atoms with Crippen molar-refractivity contribution < 1.29 is 14.3 Å². The molecular formula is C15H20N2O3. The van der Waals surface area contributed by atoms with E-state index >= 15 is 0 Å².